The summed E-state index contributed by atoms with van der Waals surface area (Å²) in [6, 6.07) is 7.65. The summed E-state index contributed by atoms with van der Waals surface area (Å²) in [6.07, 6.45) is -0.736. The van der Waals surface area contributed by atoms with E-state index in [0.717, 1.165) is 5.69 Å². The molecule has 0 saturated carbocycles. The highest BCUT2D eigenvalue weighted by Crippen LogP contribution is 2.17. The van der Waals surface area contributed by atoms with Crippen LogP contribution in [0.15, 0.2) is 34.9 Å². The summed E-state index contributed by atoms with van der Waals surface area (Å²) in [5.74, 6) is 0.693. The molecule has 0 fully saturated rings. The maximum atomic E-state index is 10.5. The Morgan fingerprint density at radius 2 is 2.15 bits per heavy atom. The van der Waals surface area contributed by atoms with Crippen LogP contribution in [0.3, 0.4) is 0 Å². The SMILES string of the molecule is Cc1cc(CNCC(O)c2ccc([N+](=O)[O-])cc2)on1. The van der Waals surface area contributed by atoms with Crippen molar-refractivity contribution in [2.24, 2.45) is 0 Å². The lowest BCUT2D eigenvalue weighted by Gasteiger charge is -2.11. The van der Waals surface area contributed by atoms with Crippen molar-refractivity contribution in [3.05, 3.63) is 57.5 Å². The van der Waals surface area contributed by atoms with E-state index in [4.69, 9.17) is 4.52 Å². The molecule has 0 aliphatic carbocycles. The largest absolute Gasteiger partial charge is 0.387 e. The van der Waals surface area contributed by atoms with Crippen molar-refractivity contribution in [2.75, 3.05) is 6.54 Å². The lowest BCUT2D eigenvalue weighted by atomic mass is 10.1. The van der Waals surface area contributed by atoms with Crippen molar-refractivity contribution < 1.29 is 14.6 Å². The van der Waals surface area contributed by atoms with Crippen LogP contribution >= 0.6 is 0 Å². The number of aromatic nitrogens is 1. The molecule has 7 heteroatoms. The highest BCUT2D eigenvalue weighted by atomic mass is 16.6. The van der Waals surface area contributed by atoms with Gasteiger partial charge in [0.15, 0.2) is 5.76 Å². The first kappa shape index (κ1) is 14.2. The minimum atomic E-state index is -0.736. The maximum absolute atomic E-state index is 10.5. The molecule has 1 aromatic heterocycles. The number of hydrogen-bond acceptors (Lipinski definition) is 6. The lowest BCUT2D eigenvalue weighted by Crippen LogP contribution is -2.20. The molecule has 106 valence electrons. The van der Waals surface area contributed by atoms with Gasteiger partial charge in [0.05, 0.1) is 23.3 Å². The van der Waals surface area contributed by atoms with Gasteiger partial charge in [-0.05, 0) is 24.6 Å². The maximum Gasteiger partial charge on any atom is 0.269 e. The zero-order valence-electron chi connectivity index (χ0n) is 10.9. The smallest absolute Gasteiger partial charge is 0.269 e. The van der Waals surface area contributed by atoms with Crippen LogP contribution in [0.2, 0.25) is 0 Å². The number of non-ortho nitro benzene ring substituents is 1. The Bertz CT molecular complexity index is 580. The van der Waals surface area contributed by atoms with Crippen molar-refractivity contribution in [1.82, 2.24) is 10.5 Å². The first-order chi connectivity index (χ1) is 9.56. The number of nitrogens with zero attached hydrogens (tertiary/aromatic N) is 2. The molecule has 2 aromatic rings. The zero-order chi connectivity index (χ0) is 14.5. The standard InChI is InChI=1S/C13H15N3O4/c1-9-6-12(20-15-9)7-14-8-13(17)10-2-4-11(5-3-10)16(18)19/h2-6,13-14,17H,7-8H2,1H3. The van der Waals surface area contributed by atoms with Crippen molar-refractivity contribution in [3.8, 4) is 0 Å². The normalized spacial score (nSPS) is 12.3. The summed E-state index contributed by atoms with van der Waals surface area (Å²) >= 11 is 0. The molecule has 0 saturated heterocycles. The number of nitro groups is 1. The van der Waals surface area contributed by atoms with Gasteiger partial charge < -0.3 is 14.9 Å². The third kappa shape index (κ3) is 3.62. The van der Waals surface area contributed by atoms with Gasteiger partial charge >= 0.3 is 0 Å². The van der Waals surface area contributed by atoms with Crippen LogP contribution in [-0.2, 0) is 6.54 Å². The van der Waals surface area contributed by atoms with E-state index < -0.39 is 11.0 Å². The van der Waals surface area contributed by atoms with E-state index in [-0.39, 0.29) is 5.69 Å². The van der Waals surface area contributed by atoms with E-state index in [1.807, 2.05) is 13.0 Å². The first-order valence-electron chi connectivity index (χ1n) is 6.11. The number of rotatable bonds is 6. The minimum absolute atomic E-state index is 0.00560. The molecule has 1 aromatic carbocycles. The quantitative estimate of drug-likeness (QED) is 0.615. The van der Waals surface area contributed by atoms with Crippen LogP contribution < -0.4 is 5.32 Å². The van der Waals surface area contributed by atoms with Crippen molar-refractivity contribution >= 4 is 5.69 Å². The summed E-state index contributed by atoms with van der Waals surface area (Å²) in [7, 11) is 0. The topological polar surface area (TPSA) is 101 Å². The van der Waals surface area contributed by atoms with E-state index in [2.05, 4.69) is 10.5 Å². The monoisotopic (exact) mass is 277 g/mol. The van der Waals surface area contributed by atoms with E-state index >= 15 is 0 Å². The molecule has 0 aliphatic heterocycles. The zero-order valence-corrected chi connectivity index (χ0v) is 10.9. The fraction of sp³-hybridized carbons (Fsp3) is 0.308. The molecule has 2 rings (SSSR count). The second-order valence-corrected chi connectivity index (χ2v) is 4.43. The molecule has 2 N–H and O–H groups in total. The molecule has 1 atom stereocenters. The van der Waals surface area contributed by atoms with Gasteiger partial charge in [-0.25, -0.2) is 0 Å². The highest BCUT2D eigenvalue weighted by molar-refractivity contribution is 5.33. The van der Waals surface area contributed by atoms with E-state index in [1.165, 1.54) is 12.1 Å². The Morgan fingerprint density at radius 3 is 2.70 bits per heavy atom. The third-order valence-corrected chi connectivity index (χ3v) is 2.80. The molecule has 20 heavy (non-hydrogen) atoms. The van der Waals surface area contributed by atoms with Crippen LogP contribution in [0.5, 0.6) is 0 Å². The van der Waals surface area contributed by atoms with E-state index in [0.29, 0.717) is 24.4 Å². The van der Waals surface area contributed by atoms with Crippen LogP contribution in [0.4, 0.5) is 5.69 Å². The molecule has 1 heterocycles. The molecule has 1 unspecified atom stereocenters. The molecule has 0 aliphatic rings. The number of benzene rings is 1. The Balaban J connectivity index is 1.85. The van der Waals surface area contributed by atoms with Gasteiger partial charge in [-0.3, -0.25) is 10.1 Å². The van der Waals surface area contributed by atoms with Gasteiger partial charge in [-0.15, -0.1) is 0 Å². The lowest BCUT2D eigenvalue weighted by molar-refractivity contribution is -0.384. The van der Waals surface area contributed by atoms with Crippen LogP contribution in [0.25, 0.3) is 0 Å². The first-order valence-corrected chi connectivity index (χ1v) is 6.11. The Morgan fingerprint density at radius 1 is 1.45 bits per heavy atom. The van der Waals surface area contributed by atoms with Crippen molar-refractivity contribution in [2.45, 2.75) is 19.6 Å². The number of aryl methyl sites for hydroxylation is 1. The molecular formula is C13H15N3O4. The average Bonchev–Trinajstić information content (AvgIpc) is 2.84. The number of nitrogens with one attached hydrogen (secondary N) is 1. The number of aliphatic hydroxyl groups excluding tert-OH is 1. The van der Waals surface area contributed by atoms with Crippen molar-refractivity contribution in [1.29, 1.82) is 0 Å². The molecule has 0 radical (unpaired) electrons. The van der Waals surface area contributed by atoms with E-state index in [9.17, 15) is 15.2 Å². The predicted octanol–water partition coefficient (Wildman–Crippen LogP) is 1.71. The highest BCUT2D eigenvalue weighted by Gasteiger charge is 2.10. The molecular weight excluding hydrogens is 262 g/mol. The van der Waals surface area contributed by atoms with Gasteiger partial charge in [-0.2, -0.15) is 0 Å². The number of aliphatic hydroxyl groups is 1. The second kappa shape index (κ2) is 6.27. The van der Waals surface area contributed by atoms with Gasteiger partial charge in [0.25, 0.3) is 5.69 Å². The van der Waals surface area contributed by atoms with Gasteiger partial charge in [0, 0.05) is 24.7 Å². The van der Waals surface area contributed by atoms with Crippen LogP contribution in [0.1, 0.15) is 23.1 Å². The molecule has 0 bridgehead atoms. The van der Waals surface area contributed by atoms with Crippen LogP contribution in [0, 0.1) is 17.0 Å². The van der Waals surface area contributed by atoms with Gasteiger partial charge in [-0.1, -0.05) is 5.16 Å². The summed E-state index contributed by atoms with van der Waals surface area (Å²) in [5.41, 5.74) is 1.43. The minimum Gasteiger partial charge on any atom is -0.387 e. The van der Waals surface area contributed by atoms with Crippen LogP contribution in [-0.4, -0.2) is 21.7 Å². The van der Waals surface area contributed by atoms with Gasteiger partial charge in [0.2, 0.25) is 0 Å². The van der Waals surface area contributed by atoms with E-state index in [1.54, 1.807) is 12.1 Å². The number of nitro benzene ring substituents is 1. The summed E-state index contributed by atoms with van der Waals surface area (Å²) in [6.45, 7) is 2.61. The summed E-state index contributed by atoms with van der Waals surface area (Å²) < 4.78 is 5.02. The molecule has 7 nitrogen and oxygen atoms in total. The Kier molecular flexibility index (Phi) is 4.44. The van der Waals surface area contributed by atoms with Crippen molar-refractivity contribution in [3.63, 3.8) is 0 Å². The molecule has 0 amide bonds. The number of hydrogen-bond donors (Lipinski definition) is 2. The average molecular weight is 277 g/mol. The second-order valence-electron chi connectivity index (χ2n) is 4.43. The summed E-state index contributed by atoms with van der Waals surface area (Å²) in [5, 5.41) is 27.3. The molecule has 0 spiro atoms. The Hall–Kier alpha value is -2.25. The Labute approximate surface area is 115 Å². The summed E-state index contributed by atoms with van der Waals surface area (Å²) in [4.78, 5) is 10.1. The fourth-order valence-electron chi connectivity index (χ4n) is 1.77. The fourth-order valence-corrected chi connectivity index (χ4v) is 1.77. The third-order valence-electron chi connectivity index (χ3n) is 2.80. The van der Waals surface area contributed by atoms with Gasteiger partial charge in [0.1, 0.15) is 0 Å². The predicted molar refractivity (Wildman–Crippen MR) is 71.0 cm³/mol.